The number of hydrogen-bond donors (Lipinski definition) is 4. The Balaban J connectivity index is -0.000000120. The predicted octanol–water partition coefficient (Wildman–Crippen LogP) is 2.83. The van der Waals surface area contributed by atoms with Crippen molar-refractivity contribution in [1.29, 1.82) is 0 Å². The zero-order chi connectivity index (χ0) is 58.6. The maximum absolute atomic E-state index is 12.0. The number of halogens is 6. The van der Waals surface area contributed by atoms with Crippen LogP contribution in [0.3, 0.4) is 0 Å². The summed E-state index contributed by atoms with van der Waals surface area (Å²) in [5.41, 5.74) is 0.367. The van der Waals surface area contributed by atoms with Crippen LogP contribution in [0.2, 0.25) is 0 Å². The van der Waals surface area contributed by atoms with E-state index in [4.69, 9.17) is 99.5 Å². The molecule has 432 valence electrons. The van der Waals surface area contributed by atoms with Crippen LogP contribution in [0, 0.1) is 134 Å². The van der Waals surface area contributed by atoms with Crippen molar-refractivity contribution in [3.05, 3.63) is 46.5 Å². The second-order valence-corrected chi connectivity index (χ2v) is 23.0. The summed E-state index contributed by atoms with van der Waals surface area (Å²) in [5.74, 6) is -3.64. The summed E-state index contributed by atoms with van der Waals surface area (Å²) in [4.78, 5) is 43.3. The van der Waals surface area contributed by atoms with Gasteiger partial charge in [0.15, 0.2) is 8.59 Å². The Hall–Kier alpha value is 0.189. The van der Waals surface area contributed by atoms with Crippen molar-refractivity contribution in [2.24, 2.45) is 21.7 Å². The normalized spacial score (nSPS) is 10.6. The largest absolute Gasteiger partial charge is 3.00 e. The molecule has 0 atom stereocenters. The Morgan fingerprint density at radius 2 is 0.635 bits per heavy atom. The number of carboxylic acids is 4. The topological polar surface area (TPSA) is 312 Å². The quantitative estimate of drug-likeness (QED) is 0.198. The van der Waals surface area contributed by atoms with E-state index in [1.807, 2.05) is 35.8 Å². The van der Waals surface area contributed by atoms with Gasteiger partial charge in [0.25, 0.3) is 0 Å². The molecule has 2 aromatic rings. The van der Waals surface area contributed by atoms with Gasteiger partial charge in [-0.25, -0.2) is 0 Å². The number of benzene rings is 2. The third-order valence-corrected chi connectivity index (χ3v) is 7.89. The number of carboxylic acid groups (broad SMARTS) is 4. The molecule has 18 nitrogen and oxygen atoms in total. The van der Waals surface area contributed by atoms with E-state index in [0.717, 1.165) is 11.1 Å². The molecule has 4 N–H and O–H groups in total. The third-order valence-electron chi connectivity index (χ3n) is 7.89. The second-order valence-electron chi connectivity index (χ2n) is 19.0. The van der Waals surface area contributed by atoms with E-state index in [1.54, 1.807) is 95.2 Å². The molecule has 74 heavy (non-hydrogen) atoms. The molecule has 0 amide bonds. The Bertz CT molecular complexity index is 1600. The maximum Gasteiger partial charge on any atom is 3.00 e. The van der Waals surface area contributed by atoms with Gasteiger partial charge in [0.05, 0.1) is 40.6 Å². The summed E-state index contributed by atoms with van der Waals surface area (Å²) in [7, 11) is 2.94. The fourth-order valence-corrected chi connectivity index (χ4v) is 3.75. The van der Waals surface area contributed by atoms with Crippen molar-refractivity contribution in [1.82, 2.24) is 9.80 Å². The van der Waals surface area contributed by atoms with E-state index >= 15 is 0 Å². The standard InChI is InChI=1S/2C13H21NO4.4C5H10O2.2CHCl3.2Eu/c2*1-10-7-11(13(17)12(8-10)18-2)9-14(3-5-15)4-6-16;4*1-5(2,3)4(6)7;2*2-1(3)4;;/h2*7-8,15-17H,3-6,9H2,1-2H3;4*1-3H3,(H,6,7);2*1H;;/q;;;;;;;;2*+3/p-6. The summed E-state index contributed by atoms with van der Waals surface area (Å²) in [5, 5.41) is 99.4. The predicted molar refractivity (Wildman–Crippen MR) is 274 cm³/mol. The molecule has 26 heteroatoms. The number of aliphatic carboxylic acids is 4. The van der Waals surface area contributed by atoms with Gasteiger partial charge in [0.1, 0.15) is 11.5 Å². The summed E-state index contributed by atoms with van der Waals surface area (Å²) in [6.07, 6.45) is 0. The molecule has 0 aliphatic rings. The number of carbonyl (C=O) groups excluding carboxylic acids is 4. The van der Waals surface area contributed by atoms with Crippen LogP contribution >= 0.6 is 69.6 Å². The summed E-state index contributed by atoms with van der Waals surface area (Å²) < 4.78 is 8.58. The minimum atomic E-state index is -1.01. The molecule has 0 aromatic heterocycles. The van der Waals surface area contributed by atoms with E-state index in [9.17, 15) is 49.8 Å². The summed E-state index contributed by atoms with van der Waals surface area (Å²) in [6, 6.07) is 7.03. The molecule has 0 aliphatic carbocycles. The van der Waals surface area contributed by atoms with Crippen LogP contribution in [0.25, 0.3) is 0 Å². The van der Waals surface area contributed by atoms with E-state index in [1.165, 1.54) is 14.2 Å². The Kier molecular flexibility index (Phi) is 60.1. The van der Waals surface area contributed by atoms with Gasteiger partial charge in [-0.1, -0.05) is 176 Å². The fourth-order valence-electron chi connectivity index (χ4n) is 3.75. The number of aryl methyl sites for hydroxylation is 2. The minimum Gasteiger partial charge on any atom is -0.870 e. The van der Waals surface area contributed by atoms with Crippen LogP contribution < -0.4 is 40.1 Å². The van der Waals surface area contributed by atoms with E-state index < -0.39 is 54.1 Å². The first-order valence-corrected chi connectivity index (χ1v) is 24.4. The molecule has 2 aromatic carbocycles. The van der Waals surface area contributed by atoms with Gasteiger partial charge >= 0.3 is 98.8 Å². The molecule has 0 saturated carbocycles. The van der Waals surface area contributed by atoms with Crippen LogP contribution in [-0.2, 0) is 32.3 Å². The van der Waals surface area contributed by atoms with Crippen LogP contribution in [0.4, 0.5) is 0 Å². The fraction of sp³-hybridized carbons (Fsp3) is 0.667. The van der Waals surface area contributed by atoms with Crippen molar-refractivity contribution in [3.63, 3.8) is 0 Å². The van der Waals surface area contributed by atoms with Crippen LogP contribution in [0.5, 0.6) is 23.0 Å². The van der Waals surface area contributed by atoms with E-state index in [0.29, 0.717) is 61.9 Å². The first kappa shape index (κ1) is 90.7. The molecule has 0 unspecified atom stereocenters. The molecule has 0 fully saturated rings. The first-order chi connectivity index (χ1) is 32.5. The average Bonchev–Trinajstić information content (AvgIpc) is 3.20. The second kappa shape index (κ2) is 49.0. The minimum absolute atomic E-state index is 0. The zero-order valence-corrected chi connectivity index (χ0v) is 54.5. The summed E-state index contributed by atoms with van der Waals surface area (Å²) in [6.45, 7) is 25.5. The Morgan fingerprint density at radius 3 is 0.757 bits per heavy atom. The average molecular weight is 1460 g/mol. The zero-order valence-electron chi connectivity index (χ0n) is 45.1. The molecule has 0 radical (unpaired) electrons. The van der Waals surface area contributed by atoms with Crippen molar-refractivity contribution in [3.8, 4) is 23.0 Å². The van der Waals surface area contributed by atoms with Crippen LogP contribution in [-0.4, -0.2) is 130 Å². The van der Waals surface area contributed by atoms with Gasteiger partial charge in [0, 0.05) is 84.8 Å². The number of rotatable bonds is 14. The van der Waals surface area contributed by atoms with Gasteiger partial charge < -0.3 is 79.7 Å². The van der Waals surface area contributed by atoms with E-state index in [-0.39, 0.29) is 137 Å². The smallest absolute Gasteiger partial charge is 0.870 e. The molecule has 0 spiro atoms. The van der Waals surface area contributed by atoms with Crippen LogP contribution in [0.15, 0.2) is 24.3 Å². The number of ether oxygens (including phenoxy) is 2. The van der Waals surface area contributed by atoms with Crippen molar-refractivity contribution in [2.75, 3.05) is 66.8 Å². The van der Waals surface area contributed by atoms with Gasteiger partial charge in [-0.2, -0.15) is 0 Å². The van der Waals surface area contributed by atoms with Gasteiger partial charge in [-0.05, 0) is 48.2 Å². The monoisotopic (exact) mass is 1450 g/mol. The maximum atomic E-state index is 12.0. The van der Waals surface area contributed by atoms with E-state index in [2.05, 4.69) is 0 Å². The Morgan fingerprint density at radius 1 is 0.473 bits per heavy atom. The number of aliphatic hydroxyl groups excluding tert-OH is 4. The molecular formula is C48H78Cl6Eu2N2O16. The van der Waals surface area contributed by atoms with Gasteiger partial charge in [-0.3, -0.25) is 9.80 Å². The van der Waals surface area contributed by atoms with Gasteiger partial charge in [-0.15, -0.1) is 0 Å². The molecular weight excluding hydrogens is 1380 g/mol. The van der Waals surface area contributed by atoms with Crippen molar-refractivity contribution in [2.45, 2.75) is 119 Å². The van der Waals surface area contributed by atoms with Crippen molar-refractivity contribution < 1.29 is 178 Å². The third kappa shape index (κ3) is 56.9. The molecule has 0 heterocycles. The van der Waals surface area contributed by atoms with Crippen molar-refractivity contribution >= 4 is 93.5 Å². The van der Waals surface area contributed by atoms with Gasteiger partial charge in [0.2, 0.25) is 0 Å². The number of nitrogens with zero attached hydrogens (tertiary/aromatic N) is 2. The summed E-state index contributed by atoms with van der Waals surface area (Å²) >= 11 is 28.8. The Labute approximate surface area is 551 Å². The molecule has 0 aliphatic heterocycles. The SMILES string of the molecule is CC(C)(C)C(=O)[O-].CC(C)(C)C(=O)[O-].CC(C)(C)C(=O)[O-].CC(C)(C)C(=O)[O-].COc1cc(C)cc(CN(CCO)CCO)c1[O-].COc1cc(C)cc(CN(CCO)CCO)c1[O-].ClC(Cl)Cl.ClC(Cl)Cl.[Eu+3].[Eu+3]. The molecule has 2 rings (SSSR count). The molecule has 0 bridgehead atoms. The molecule has 0 saturated heterocycles. The number of aliphatic hydroxyl groups is 4. The van der Waals surface area contributed by atoms with Crippen LogP contribution in [0.1, 0.15) is 105 Å². The first-order valence-electron chi connectivity index (χ1n) is 21.8. The number of hydrogen-bond acceptors (Lipinski definition) is 18. The number of alkyl halides is 6. The number of carbonyl (C=O) groups is 4. The number of methoxy groups -OCH3 is 2.